The Balaban J connectivity index is 1.65. The largest absolute Gasteiger partial charge is 0.337 e. The highest BCUT2D eigenvalue weighted by atomic mass is 79.9. The van der Waals surface area contributed by atoms with Crippen molar-refractivity contribution < 1.29 is 0 Å². The fourth-order valence-corrected chi connectivity index (χ4v) is 2.50. The number of halogens is 1. The zero-order chi connectivity index (χ0) is 11.0. The van der Waals surface area contributed by atoms with Crippen LogP contribution in [0.25, 0.3) is 0 Å². The van der Waals surface area contributed by atoms with Crippen LogP contribution < -0.4 is 0 Å². The van der Waals surface area contributed by atoms with Gasteiger partial charge in [0.1, 0.15) is 0 Å². The van der Waals surface area contributed by atoms with E-state index in [1.807, 2.05) is 18.7 Å². The van der Waals surface area contributed by atoms with Crippen LogP contribution in [0.5, 0.6) is 0 Å². The third-order valence-electron chi connectivity index (χ3n) is 3.23. The first kappa shape index (κ1) is 10.1. The van der Waals surface area contributed by atoms with E-state index in [0.717, 1.165) is 22.9 Å². The van der Waals surface area contributed by atoms with Crippen LogP contribution >= 0.6 is 15.9 Å². The average Bonchev–Trinajstić information content (AvgIpc) is 2.85. The molecule has 1 aliphatic carbocycles. The fourth-order valence-electron chi connectivity index (χ4n) is 2.23. The summed E-state index contributed by atoms with van der Waals surface area (Å²) in [5.74, 6) is 1.53. The van der Waals surface area contributed by atoms with Gasteiger partial charge in [0, 0.05) is 23.4 Å². The van der Waals surface area contributed by atoms with Crippen LogP contribution in [0.15, 0.2) is 47.5 Å². The molecule has 82 valence electrons. The standard InChI is InChI=1S/C13H13BrN2/c14-12-3-1-10(2-4-12)13-7-11(13)8-16-6-5-15-9-16/h1-6,9,11,13H,7-8H2/t11-,13+/m0/s1. The minimum atomic E-state index is 0.746. The van der Waals surface area contributed by atoms with Crippen LogP contribution in [0, 0.1) is 5.92 Å². The Bertz CT molecular complexity index is 461. The first-order valence-corrected chi connectivity index (χ1v) is 6.33. The van der Waals surface area contributed by atoms with Gasteiger partial charge in [-0.15, -0.1) is 0 Å². The third-order valence-corrected chi connectivity index (χ3v) is 3.75. The Labute approximate surface area is 103 Å². The van der Waals surface area contributed by atoms with Crippen molar-refractivity contribution in [1.82, 2.24) is 9.55 Å². The van der Waals surface area contributed by atoms with Gasteiger partial charge in [-0.3, -0.25) is 0 Å². The topological polar surface area (TPSA) is 17.8 Å². The van der Waals surface area contributed by atoms with E-state index in [1.165, 1.54) is 12.0 Å². The van der Waals surface area contributed by atoms with Gasteiger partial charge in [-0.1, -0.05) is 28.1 Å². The zero-order valence-electron chi connectivity index (χ0n) is 8.88. The molecule has 2 atom stereocenters. The SMILES string of the molecule is Brc1ccc([C@H]2C[C@H]2Cn2ccnc2)cc1. The number of benzene rings is 1. The van der Waals surface area contributed by atoms with Gasteiger partial charge in [0.05, 0.1) is 6.33 Å². The molecule has 1 aliphatic rings. The summed E-state index contributed by atoms with van der Waals surface area (Å²) in [6.07, 6.45) is 7.09. The van der Waals surface area contributed by atoms with Gasteiger partial charge in [-0.25, -0.2) is 4.98 Å². The number of hydrogen-bond acceptors (Lipinski definition) is 1. The molecule has 0 saturated heterocycles. The van der Waals surface area contributed by atoms with Gasteiger partial charge >= 0.3 is 0 Å². The Morgan fingerprint density at radius 1 is 1.31 bits per heavy atom. The van der Waals surface area contributed by atoms with Gasteiger partial charge < -0.3 is 4.57 Å². The Kier molecular flexibility index (Phi) is 2.56. The number of aromatic nitrogens is 2. The summed E-state index contributed by atoms with van der Waals surface area (Å²) >= 11 is 3.47. The summed E-state index contributed by atoms with van der Waals surface area (Å²) in [4.78, 5) is 4.07. The molecule has 0 amide bonds. The third kappa shape index (κ3) is 2.05. The van der Waals surface area contributed by atoms with Gasteiger partial charge in [0.15, 0.2) is 0 Å². The lowest BCUT2D eigenvalue weighted by molar-refractivity contribution is 0.612. The molecule has 0 bridgehead atoms. The molecule has 0 radical (unpaired) electrons. The van der Waals surface area contributed by atoms with Crippen molar-refractivity contribution >= 4 is 15.9 Å². The van der Waals surface area contributed by atoms with Crippen molar-refractivity contribution in [3.05, 3.63) is 53.0 Å². The van der Waals surface area contributed by atoms with Crippen molar-refractivity contribution in [3.63, 3.8) is 0 Å². The molecule has 3 rings (SSSR count). The second kappa shape index (κ2) is 4.06. The monoisotopic (exact) mass is 276 g/mol. The molecule has 2 aromatic rings. The van der Waals surface area contributed by atoms with Crippen molar-refractivity contribution in [2.45, 2.75) is 18.9 Å². The quantitative estimate of drug-likeness (QED) is 0.840. The molecular weight excluding hydrogens is 264 g/mol. The van der Waals surface area contributed by atoms with Gasteiger partial charge in [-0.2, -0.15) is 0 Å². The summed E-state index contributed by atoms with van der Waals surface area (Å²) in [6.45, 7) is 1.10. The van der Waals surface area contributed by atoms with E-state index < -0.39 is 0 Å². The lowest BCUT2D eigenvalue weighted by atomic mass is 10.1. The van der Waals surface area contributed by atoms with E-state index in [2.05, 4.69) is 49.7 Å². The van der Waals surface area contributed by atoms with E-state index in [-0.39, 0.29) is 0 Å². The first-order chi connectivity index (χ1) is 7.83. The smallest absolute Gasteiger partial charge is 0.0946 e. The lowest BCUT2D eigenvalue weighted by Crippen LogP contribution is -1.97. The Hall–Kier alpha value is -1.09. The average molecular weight is 277 g/mol. The fraction of sp³-hybridized carbons (Fsp3) is 0.308. The molecule has 0 N–H and O–H groups in total. The Morgan fingerprint density at radius 2 is 2.12 bits per heavy atom. The van der Waals surface area contributed by atoms with Crippen LogP contribution in [0.1, 0.15) is 17.9 Å². The maximum Gasteiger partial charge on any atom is 0.0946 e. The van der Waals surface area contributed by atoms with E-state index in [9.17, 15) is 0 Å². The van der Waals surface area contributed by atoms with E-state index >= 15 is 0 Å². The van der Waals surface area contributed by atoms with E-state index in [0.29, 0.717) is 0 Å². The highest BCUT2D eigenvalue weighted by Gasteiger charge is 2.38. The predicted molar refractivity (Wildman–Crippen MR) is 67.2 cm³/mol. The Morgan fingerprint density at radius 3 is 2.81 bits per heavy atom. The van der Waals surface area contributed by atoms with Crippen LogP contribution in [0.4, 0.5) is 0 Å². The molecule has 0 aliphatic heterocycles. The van der Waals surface area contributed by atoms with E-state index in [4.69, 9.17) is 0 Å². The summed E-state index contributed by atoms with van der Waals surface area (Å²) in [6, 6.07) is 8.70. The number of nitrogens with zero attached hydrogens (tertiary/aromatic N) is 2. The summed E-state index contributed by atoms with van der Waals surface area (Å²) in [5.41, 5.74) is 1.47. The van der Waals surface area contributed by atoms with Crippen LogP contribution in [-0.2, 0) is 6.54 Å². The number of hydrogen-bond donors (Lipinski definition) is 0. The summed E-state index contributed by atoms with van der Waals surface area (Å²) in [7, 11) is 0. The molecule has 1 saturated carbocycles. The van der Waals surface area contributed by atoms with Crippen LogP contribution in [-0.4, -0.2) is 9.55 Å². The minimum absolute atomic E-state index is 0.746. The van der Waals surface area contributed by atoms with Crippen LogP contribution in [0.2, 0.25) is 0 Å². The molecule has 0 unspecified atom stereocenters. The van der Waals surface area contributed by atoms with Crippen molar-refractivity contribution in [2.75, 3.05) is 0 Å². The lowest BCUT2D eigenvalue weighted by Gasteiger charge is -2.02. The second-order valence-corrected chi connectivity index (χ2v) is 5.33. The highest BCUT2D eigenvalue weighted by Crippen LogP contribution is 2.48. The van der Waals surface area contributed by atoms with E-state index in [1.54, 1.807) is 0 Å². The molecule has 16 heavy (non-hydrogen) atoms. The molecule has 1 fully saturated rings. The van der Waals surface area contributed by atoms with Crippen molar-refractivity contribution in [3.8, 4) is 0 Å². The molecule has 1 aromatic carbocycles. The molecule has 0 spiro atoms. The first-order valence-electron chi connectivity index (χ1n) is 5.54. The second-order valence-electron chi connectivity index (χ2n) is 4.41. The van der Waals surface area contributed by atoms with Crippen LogP contribution in [0.3, 0.4) is 0 Å². The summed E-state index contributed by atoms with van der Waals surface area (Å²) in [5, 5.41) is 0. The molecule has 1 aromatic heterocycles. The van der Waals surface area contributed by atoms with Crippen molar-refractivity contribution in [2.24, 2.45) is 5.92 Å². The zero-order valence-corrected chi connectivity index (χ0v) is 10.5. The molecule has 2 nitrogen and oxygen atoms in total. The number of imidazole rings is 1. The summed E-state index contributed by atoms with van der Waals surface area (Å²) < 4.78 is 3.33. The highest BCUT2D eigenvalue weighted by molar-refractivity contribution is 9.10. The maximum absolute atomic E-state index is 4.07. The molecular formula is C13H13BrN2. The number of rotatable bonds is 3. The van der Waals surface area contributed by atoms with Crippen molar-refractivity contribution in [1.29, 1.82) is 0 Å². The molecule has 1 heterocycles. The molecule has 3 heteroatoms. The minimum Gasteiger partial charge on any atom is -0.337 e. The van der Waals surface area contributed by atoms with Gasteiger partial charge in [0.2, 0.25) is 0 Å². The maximum atomic E-state index is 4.07. The predicted octanol–water partition coefficient (Wildman–Crippen LogP) is 3.45. The van der Waals surface area contributed by atoms with Gasteiger partial charge in [-0.05, 0) is 36.0 Å². The normalized spacial score (nSPS) is 23.3. The van der Waals surface area contributed by atoms with Gasteiger partial charge in [0.25, 0.3) is 0 Å².